The predicted molar refractivity (Wildman–Crippen MR) is 108 cm³/mol. The second-order valence-corrected chi connectivity index (χ2v) is 6.52. The van der Waals surface area contributed by atoms with Gasteiger partial charge in [-0.05, 0) is 49.4 Å². The van der Waals surface area contributed by atoms with Crippen LogP contribution in [-0.2, 0) is 0 Å². The quantitative estimate of drug-likeness (QED) is 0.493. The van der Waals surface area contributed by atoms with E-state index in [1.807, 2.05) is 31.2 Å². The number of amides is 1. The van der Waals surface area contributed by atoms with Gasteiger partial charge >= 0.3 is 5.97 Å². The molecule has 0 unspecified atom stereocenters. The molecular formula is C22H17N3O3. The Morgan fingerprint density at radius 2 is 1.61 bits per heavy atom. The summed E-state index contributed by atoms with van der Waals surface area (Å²) in [6.45, 7) is 1.99. The van der Waals surface area contributed by atoms with E-state index in [0.717, 1.165) is 27.8 Å². The Morgan fingerprint density at radius 3 is 2.29 bits per heavy atom. The second kappa shape index (κ2) is 7.00. The first-order chi connectivity index (χ1) is 13.5. The topological polar surface area (TPSA) is 95.1 Å². The lowest BCUT2D eigenvalue weighted by atomic mass is 10.1. The van der Waals surface area contributed by atoms with E-state index in [4.69, 9.17) is 5.11 Å². The smallest absolute Gasteiger partial charge is 0.335 e. The molecule has 4 rings (SSSR count). The Labute approximate surface area is 160 Å². The number of aromatic amines is 1. The van der Waals surface area contributed by atoms with Gasteiger partial charge in [-0.2, -0.15) is 0 Å². The lowest BCUT2D eigenvalue weighted by molar-refractivity contribution is 0.0696. The minimum absolute atomic E-state index is 0.201. The van der Waals surface area contributed by atoms with Crippen LogP contribution in [0.1, 0.15) is 26.3 Å². The third kappa shape index (κ3) is 3.48. The lowest BCUT2D eigenvalue weighted by Gasteiger charge is -2.05. The molecule has 138 valence electrons. The first kappa shape index (κ1) is 17.5. The molecule has 0 aliphatic rings. The van der Waals surface area contributed by atoms with Crippen molar-refractivity contribution in [2.75, 3.05) is 5.32 Å². The van der Waals surface area contributed by atoms with Gasteiger partial charge in [-0.25, -0.2) is 9.78 Å². The van der Waals surface area contributed by atoms with Crippen molar-refractivity contribution in [1.29, 1.82) is 0 Å². The molecule has 0 atom stereocenters. The largest absolute Gasteiger partial charge is 0.478 e. The molecule has 0 spiro atoms. The van der Waals surface area contributed by atoms with Crippen LogP contribution < -0.4 is 5.32 Å². The third-order valence-electron chi connectivity index (χ3n) is 4.46. The number of H-pyrrole nitrogens is 1. The van der Waals surface area contributed by atoms with Crippen LogP contribution in [-0.4, -0.2) is 27.0 Å². The fraction of sp³-hybridized carbons (Fsp3) is 0.0455. The van der Waals surface area contributed by atoms with Crippen molar-refractivity contribution in [2.45, 2.75) is 6.92 Å². The molecule has 1 amide bonds. The number of carbonyl (C=O) groups is 2. The Morgan fingerprint density at radius 1 is 0.929 bits per heavy atom. The van der Waals surface area contributed by atoms with Crippen molar-refractivity contribution in [3.05, 3.63) is 83.4 Å². The number of nitrogens with zero attached hydrogens (tertiary/aromatic N) is 1. The molecule has 0 saturated carbocycles. The molecule has 1 aromatic heterocycles. The first-order valence-corrected chi connectivity index (χ1v) is 8.71. The molecule has 0 aliphatic carbocycles. The highest BCUT2D eigenvalue weighted by atomic mass is 16.4. The minimum atomic E-state index is -0.972. The second-order valence-electron chi connectivity index (χ2n) is 6.52. The number of aryl methyl sites for hydroxylation is 1. The van der Waals surface area contributed by atoms with Crippen molar-refractivity contribution in [3.8, 4) is 11.4 Å². The molecule has 1 heterocycles. The summed E-state index contributed by atoms with van der Waals surface area (Å²) in [4.78, 5) is 31.2. The fourth-order valence-corrected chi connectivity index (χ4v) is 2.90. The van der Waals surface area contributed by atoms with Gasteiger partial charge in [0.15, 0.2) is 0 Å². The van der Waals surface area contributed by atoms with Gasteiger partial charge in [0.2, 0.25) is 0 Å². The van der Waals surface area contributed by atoms with Crippen molar-refractivity contribution < 1.29 is 14.7 Å². The number of carbonyl (C=O) groups excluding carboxylic acids is 1. The van der Waals surface area contributed by atoms with Crippen LogP contribution in [0.15, 0.2) is 66.7 Å². The number of benzene rings is 3. The van der Waals surface area contributed by atoms with E-state index in [0.29, 0.717) is 11.4 Å². The maximum Gasteiger partial charge on any atom is 0.335 e. The summed E-state index contributed by atoms with van der Waals surface area (Å²) in [6.07, 6.45) is 0. The van der Waals surface area contributed by atoms with Gasteiger partial charge in [0.05, 0.1) is 16.6 Å². The minimum Gasteiger partial charge on any atom is -0.478 e. The van der Waals surface area contributed by atoms with Crippen LogP contribution in [0.3, 0.4) is 0 Å². The number of fused-ring (bicyclic) bond motifs is 1. The van der Waals surface area contributed by atoms with Gasteiger partial charge in [-0.15, -0.1) is 0 Å². The number of anilines is 1. The van der Waals surface area contributed by atoms with E-state index in [2.05, 4.69) is 15.3 Å². The SMILES string of the molecule is Cc1ccc(NC(=O)c2ccc3nc(-c4ccc(C(=O)O)cc4)[nH]c3c2)cc1. The Balaban J connectivity index is 1.59. The standard InChI is InChI=1S/C22H17N3O3/c1-13-2-9-17(10-3-13)23-21(26)16-8-11-18-19(12-16)25-20(24-18)14-4-6-15(7-5-14)22(27)28/h2-12H,1H3,(H,23,26)(H,24,25)(H,27,28). The molecule has 6 heteroatoms. The number of carboxylic acids is 1. The summed E-state index contributed by atoms with van der Waals surface area (Å²) >= 11 is 0. The van der Waals surface area contributed by atoms with Crippen molar-refractivity contribution in [1.82, 2.24) is 9.97 Å². The molecule has 0 fully saturated rings. The van der Waals surface area contributed by atoms with E-state index in [1.54, 1.807) is 30.3 Å². The number of imidazole rings is 1. The summed E-state index contributed by atoms with van der Waals surface area (Å²) in [5.74, 6) is -0.559. The van der Waals surface area contributed by atoms with E-state index < -0.39 is 5.97 Å². The highest BCUT2D eigenvalue weighted by Gasteiger charge is 2.11. The lowest BCUT2D eigenvalue weighted by Crippen LogP contribution is -2.11. The number of aromatic carboxylic acids is 1. The van der Waals surface area contributed by atoms with Gasteiger partial charge in [0.1, 0.15) is 5.82 Å². The molecule has 0 saturated heterocycles. The number of hydrogen-bond acceptors (Lipinski definition) is 3. The summed E-state index contributed by atoms with van der Waals surface area (Å²) in [5.41, 5.74) is 4.82. The molecule has 0 aliphatic heterocycles. The average Bonchev–Trinajstić information content (AvgIpc) is 3.13. The van der Waals surface area contributed by atoms with Crippen LogP contribution in [0, 0.1) is 6.92 Å². The van der Waals surface area contributed by atoms with E-state index in [1.165, 1.54) is 12.1 Å². The summed E-state index contributed by atoms with van der Waals surface area (Å²) in [7, 11) is 0. The van der Waals surface area contributed by atoms with Gasteiger partial charge in [0, 0.05) is 16.8 Å². The number of nitrogens with one attached hydrogen (secondary N) is 2. The van der Waals surface area contributed by atoms with Crippen molar-refractivity contribution in [3.63, 3.8) is 0 Å². The monoisotopic (exact) mass is 371 g/mol. The normalized spacial score (nSPS) is 10.8. The average molecular weight is 371 g/mol. The molecule has 0 bridgehead atoms. The summed E-state index contributed by atoms with van der Waals surface area (Å²) in [5, 5.41) is 11.9. The molecule has 3 aromatic carbocycles. The van der Waals surface area contributed by atoms with Crippen LogP contribution in [0.5, 0.6) is 0 Å². The van der Waals surface area contributed by atoms with Crippen LogP contribution in [0.2, 0.25) is 0 Å². The van der Waals surface area contributed by atoms with E-state index in [9.17, 15) is 9.59 Å². The Bertz CT molecular complexity index is 1180. The summed E-state index contributed by atoms with van der Waals surface area (Å²) < 4.78 is 0. The maximum absolute atomic E-state index is 12.5. The molecular weight excluding hydrogens is 354 g/mol. The zero-order chi connectivity index (χ0) is 19.7. The van der Waals surface area contributed by atoms with Crippen LogP contribution in [0.25, 0.3) is 22.4 Å². The number of aromatic nitrogens is 2. The van der Waals surface area contributed by atoms with Crippen molar-refractivity contribution >= 4 is 28.6 Å². The van der Waals surface area contributed by atoms with E-state index >= 15 is 0 Å². The van der Waals surface area contributed by atoms with Gasteiger partial charge < -0.3 is 15.4 Å². The molecule has 3 N–H and O–H groups in total. The van der Waals surface area contributed by atoms with Crippen LogP contribution in [0.4, 0.5) is 5.69 Å². The summed E-state index contributed by atoms with van der Waals surface area (Å²) in [6, 6.07) is 19.3. The van der Waals surface area contributed by atoms with Crippen molar-refractivity contribution in [2.24, 2.45) is 0 Å². The van der Waals surface area contributed by atoms with Crippen LogP contribution >= 0.6 is 0 Å². The molecule has 0 radical (unpaired) electrons. The van der Waals surface area contributed by atoms with Gasteiger partial charge in [-0.1, -0.05) is 29.8 Å². The number of hydrogen-bond donors (Lipinski definition) is 3. The van der Waals surface area contributed by atoms with Gasteiger partial charge in [0.25, 0.3) is 5.91 Å². The zero-order valence-electron chi connectivity index (χ0n) is 15.1. The highest BCUT2D eigenvalue weighted by molar-refractivity contribution is 6.06. The number of rotatable bonds is 4. The van der Waals surface area contributed by atoms with Gasteiger partial charge in [-0.3, -0.25) is 4.79 Å². The fourth-order valence-electron chi connectivity index (χ4n) is 2.90. The number of carboxylic acid groups (broad SMARTS) is 1. The maximum atomic E-state index is 12.5. The highest BCUT2D eigenvalue weighted by Crippen LogP contribution is 2.22. The Hall–Kier alpha value is -3.93. The molecule has 28 heavy (non-hydrogen) atoms. The first-order valence-electron chi connectivity index (χ1n) is 8.71. The predicted octanol–water partition coefficient (Wildman–Crippen LogP) is 4.49. The zero-order valence-corrected chi connectivity index (χ0v) is 15.1. The molecule has 6 nitrogen and oxygen atoms in total. The Kier molecular flexibility index (Phi) is 4.37. The van der Waals surface area contributed by atoms with E-state index in [-0.39, 0.29) is 11.5 Å². The third-order valence-corrected chi connectivity index (χ3v) is 4.46. The molecule has 4 aromatic rings.